The Morgan fingerprint density at radius 1 is 1.03 bits per heavy atom. The van der Waals surface area contributed by atoms with Gasteiger partial charge in [0.1, 0.15) is 18.2 Å². The SMILES string of the molecule is O=c1c2cc(Br)ccc2nc(C2CCCCC2)n1N=Cc1cc(I)c(OCc2ccc3c(c2)OCO3)c(I)c1. The minimum Gasteiger partial charge on any atom is -0.487 e. The second-order valence-corrected chi connectivity index (χ2v) is 12.9. The normalized spacial score (nSPS) is 15.4. The summed E-state index contributed by atoms with van der Waals surface area (Å²) in [5, 5.41) is 5.25. The number of fused-ring (bicyclic) bond motifs is 2. The molecule has 1 aliphatic carbocycles. The quantitative estimate of drug-likeness (QED) is 0.148. The molecule has 0 N–H and O–H groups in total. The molecule has 39 heavy (non-hydrogen) atoms. The summed E-state index contributed by atoms with van der Waals surface area (Å²) in [6.45, 7) is 0.661. The second-order valence-electron chi connectivity index (χ2n) is 9.62. The lowest BCUT2D eigenvalue weighted by Gasteiger charge is -2.22. The number of hydrogen-bond donors (Lipinski definition) is 0. The predicted octanol–water partition coefficient (Wildman–Crippen LogP) is 7.61. The molecule has 1 aliphatic heterocycles. The lowest BCUT2D eigenvalue weighted by Crippen LogP contribution is -2.25. The highest BCUT2D eigenvalue weighted by atomic mass is 127. The average molecular weight is 812 g/mol. The highest BCUT2D eigenvalue weighted by molar-refractivity contribution is 14.1. The maximum absolute atomic E-state index is 13.6. The second kappa shape index (κ2) is 11.7. The Morgan fingerprint density at radius 2 is 1.79 bits per heavy atom. The zero-order valence-electron chi connectivity index (χ0n) is 20.8. The number of ether oxygens (including phenoxy) is 3. The highest BCUT2D eigenvalue weighted by Gasteiger charge is 2.22. The summed E-state index contributed by atoms with van der Waals surface area (Å²) >= 11 is 8.04. The van der Waals surface area contributed by atoms with Gasteiger partial charge in [-0.15, -0.1) is 0 Å². The van der Waals surface area contributed by atoms with E-state index in [1.165, 1.54) is 11.1 Å². The first-order valence-electron chi connectivity index (χ1n) is 12.7. The maximum Gasteiger partial charge on any atom is 0.282 e. The summed E-state index contributed by atoms with van der Waals surface area (Å²) in [6, 6.07) is 15.5. The summed E-state index contributed by atoms with van der Waals surface area (Å²) in [7, 11) is 0. The molecule has 6 rings (SSSR count). The zero-order chi connectivity index (χ0) is 26.9. The van der Waals surface area contributed by atoms with E-state index in [1.807, 2.05) is 48.5 Å². The van der Waals surface area contributed by atoms with E-state index < -0.39 is 0 Å². The number of halogens is 3. The zero-order valence-corrected chi connectivity index (χ0v) is 26.7. The van der Waals surface area contributed by atoms with Crippen molar-refractivity contribution >= 4 is 78.2 Å². The van der Waals surface area contributed by atoms with Crippen molar-refractivity contribution in [3.8, 4) is 17.2 Å². The van der Waals surface area contributed by atoms with Crippen molar-refractivity contribution < 1.29 is 14.2 Å². The molecule has 4 aromatic rings. The van der Waals surface area contributed by atoms with Crippen LogP contribution >= 0.6 is 61.1 Å². The van der Waals surface area contributed by atoms with Crippen LogP contribution < -0.4 is 19.8 Å². The van der Waals surface area contributed by atoms with Crippen molar-refractivity contribution in [2.75, 3.05) is 6.79 Å². The molecule has 2 aliphatic rings. The Morgan fingerprint density at radius 3 is 2.59 bits per heavy atom. The number of benzene rings is 3. The molecule has 2 heterocycles. The Bertz CT molecular complexity index is 1630. The van der Waals surface area contributed by atoms with E-state index in [2.05, 4.69) is 61.1 Å². The largest absolute Gasteiger partial charge is 0.487 e. The summed E-state index contributed by atoms with van der Waals surface area (Å²) in [4.78, 5) is 18.5. The smallest absolute Gasteiger partial charge is 0.282 e. The van der Waals surface area contributed by atoms with Gasteiger partial charge in [0.15, 0.2) is 11.5 Å². The van der Waals surface area contributed by atoms with Gasteiger partial charge in [-0.05, 0) is 112 Å². The van der Waals surface area contributed by atoms with E-state index in [1.54, 1.807) is 6.21 Å². The van der Waals surface area contributed by atoms with Crippen LogP contribution in [-0.4, -0.2) is 22.7 Å². The molecule has 1 fully saturated rings. The van der Waals surface area contributed by atoms with E-state index >= 15 is 0 Å². The molecule has 3 aromatic carbocycles. The van der Waals surface area contributed by atoms with Crippen LogP contribution in [0.5, 0.6) is 17.2 Å². The monoisotopic (exact) mass is 811 g/mol. The van der Waals surface area contributed by atoms with Crippen LogP contribution in [-0.2, 0) is 6.61 Å². The van der Waals surface area contributed by atoms with Crippen molar-refractivity contribution in [3.63, 3.8) is 0 Å². The van der Waals surface area contributed by atoms with Crippen molar-refractivity contribution in [2.45, 2.75) is 44.6 Å². The van der Waals surface area contributed by atoms with Crippen molar-refractivity contribution in [3.05, 3.63) is 87.4 Å². The molecule has 7 nitrogen and oxygen atoms in total. The molecule has 1 saturated carbocycles. The number of aromatic nitrogens is 2. The number of nitrogens with zero attached hydrogens (tertiary/aromatic N) is 3. The van der Waals surface area contributed by atoms with E-state index in [4.69, 9.17) is 24.3 Å². The third-order valence-corrected chi connectivity index (χ3v) is 9.06. The van der Waals surface area contributed by atoms with Gasteiger partial charge in [0.25, 0.3) is 5.56 Å². The molecule has 0 bridgehead atoms. The fourth-order valence-corrected chi connectivity index (χ4v) is 7.49. The highest BCUT2D eigenvalue weighted by Crippen LogP contribution is 2.35. The molecule has 0 saturated heterocycles. The summed E-state index contributed by atoms with van der Waals surface area (Å²) in [5.74, 6) is 3.28. The van der Waals surface area contributed by atoms with Crippen molar-refractivity contribution in [1.82, 2.24) is 9.66 Å². The predicted molar refractivity (Wildman–Crippen MR) is 171 cm³/mol. The van der Waals surface area contributed by atoms with Gasteiger partial charge in [0.05, 0.1) is 24.3 Å². The Balaban J connectivity index is 1.29. The Hall–Kier alpha value is -2.19. The number of rotatable bonds is 6. The molecule has 0 amide bonds. The van der Waals surface area contributed by atoms with Crippen LogP contribution in [0.4, 0.5) is 0 Å². The molecule has 0 atom stereocenters. The summed E-state index contributed by atoms with van der Waals surface area (Å²) < 4.78 is 21.3. The topological polar surface area (TPSA) is 74.9 Å². The van der Waals surface area contributed by atoms with Crippen LogP contribution in [0, 0.1) is 7.14 Å². The molecular formula is C29H24BrI2N3O4. The van der Waals surface area contributed by atoms with E-state index in [9.17, 15) is 4.79 Å². The average Bonchev–Trinajstić information content (AvgIpc) is 3.41. The van der Waals surface area contributed by atoms with Crippen LogP contribution in [0.1, 0.15) is 55.0 Å². The van der Waals surface area contributed by atoms with Crippen LogP contribution in [0.15, 0.2) is 62.9 Å². The molecular weight excluding hydrogens is 788 g/mol. The van der Waals surface area contributed by atoms with E-state index in [-0.39, 0.29) is 18.3 Å². The molecule has 1 aromatic heterocycles. The molecule has 200 valence electrons. The fraction of sp³-hybridized carbons (Fsp3) is 0.276. The van der Waals surface area contributed by atoms with Gasteiger partial charge in [0.2, 0.25) is 6.79 Å². The molecule has 10 heteroatoms. The number of hydrogen-bond acceptors (Lipinski definition) is 6. The van der Waals surface area contributed by atoms with Crippen LogP contribution in [0.25, 0.3) is 10.9 Å². The minimum atomic E-state index is -0.147. The standard InChI is InChI=1S/C29H24BrI2N3O4/c30-20-7-8-24-21(13-20)29(36)35(28(34-24)19-4-2-1-3-5-19)33-14-18-10-22(31)27(23(32)11-18)37-15-17-6-9-25-26(12-17)39-16-38-25/h6-14,19H,1-5,15-16H2. The first-order valence-corrected chi connectivity index (χ1v) is 15.7. The Kier molecular flexibility index (Phi) is 8.12. The Labute approximate surface area is 261 Å². The van der Waals surface area contributed by atoms with Crippen molar-refractivity contribution in [1.29, 1.82) is 0 Å². The lowest BCUT2D eigenvalue weighted by atomic mass is 9.88. The first kappa shape index (κ1) is 27.0. The molecule has 0 radical (unpaired) electrons. The van der Waals surface area contributed by atoms with Gasteiger partial charge in [0, 0.05) is 10.4 Å². The van der Waals surface area contributed by atoms with Crippen molar-refractivity contribution in [2.24, 2.45) is 5.10 Å². The van der Waals surface area contributed by atoms with Gasteiger partial charge in [-0.2, -0.15) is 9.78 Å². The summed E-state index contributed by atoms with van der Waals surface area (Å²) in [6.07, 6.45) is 7.31. The van der Waals surface area contributed by atoms with Gasteiger partial charge >= 0.3 is 0 Å². The summed E-state index contributed by atoms with van der Waals surface area (Å²) in [5.41, 5.74) is 2.45. The van der Waals surface area contributed by atoms with Crippen LogP contribution in [0.2, 0.25) is 0 Å². The van der Waals surface area contributed by atoms with Gasteiger partial charge < -0.3 is 14.2 Å². The minimum absolute atomic E-state index is 0.147. The van der Waals surface area contributed by atoms with Gasteiger partial charge in [-0.3, -0.25) is 4.79 Å². The maximum atomic E-state index is 13.6. The van der Waals surface area contributed by atoms with E-state index in [0.717, 1.165) is 71.5 Å². The molecule has 0 unspecified atom stereocenters. The van der Waals surface area contributed by atoms with Gasteiger partial charge in [-0.25, -0.2) is 4.98 Å². The van der Waals surface area contributed by atoms with E-state index in [0.29, 0.717) is 17.5 Å². The van der Waals surface area contributed by atoms with Gasteiger partial charge in [-0.1, -0.05) is 41.3 Å². The fourth-order valence-electron chi connectivity index (χ4n) is 5.01. The van der Waals surface area contributed by atoms with Crippen LogP contribution in [0.3, 0.4) is 0 Å². The molecule has 0 spiro atoms. The third kappa shape index (κ3) is 5.83. The first-order chi connectivity index (χ1) is 19.0. The third-order valence-electron chi connectivity index (χ3n) is 6.97. The lowest BCUT2D eigenvalue weighted by molar-refractivity contribution is 0.174.